The standard InChI is InChI=1S/C15H21ClN2O3/c16-11-2-1-3-14(8-11)21-10-13(19)9-17-7-6-15(20)18-12-4-5-12/h1-3,8,12-13,17,19H,4-7,9-10H2,(H,18,20). The van der Waals surface area contributed by atoms with Crippen LogP contribution in [0.4, 0.5) is 0 Å². The molecule has 1 aliphatic rings. The number of carbonyl (C=O) groups is 1. The highest BCUT2D eigenvalue weighted by molar-refractivity contribution is 6.30. The summed E-state index contributed by atoms with van der Waals surface area (Å²) in [6.45, 7) is 1.12. The van der Waals surface area contributed by atoms with Crippen molar-refractivity contribution in [1.82, 2.24) is 10.6 Å². The van der Waals surface area contributed by atoms with E-state index in [0.29, 0.717) is 36.3 Å². The summed E-state index contributed by atoms with van der Waals surface area (Å²) in [6.07, 6.45) is 1.99. The normalized spacial score (nSPS) is 15.5. The number of rotatable bonds is 9. The fourth-order valence-corrected chi connectivity index (χ4v) is 1.99. The second kappa shape index (κ2) is 8.22. The first-order chi connectivity index (χ1) is 10.1. The van der Waals surface area contributed by atoms with Gasteiger partial charge in [-0.25, -0.2) is 0 Å². The van der Waals surface area contributed by atoms with Crippen LogP contribution < -0.4 is 15.4 Å². The molecule has 0 saturated heterocycles. The predicted octanol–water partition coefficient (Wildman–Crippen LogP) is 1.34. The Labute approximate surface area is 129 Å². The Hall–Kier alpha value is -1.30. The SMILES string of the molecule is O=C(CCNCC(O)COc1cccc(Cl)c1)NC1CC1. The van der Waals surface area contributed by atoms with E-state index in [-0.39, 0.29) is 12.5 Å². The minimum Gasteiger partial charge on any atom is -0.491 e. The molecule has 2 rings (SSSR count). The van der Waals surface area contributed by atoms with Gasteiger partial charge in [0, 0.05) is 30.6 Å². The Morgan fingerprint density at radius 2 is 2.29 bits per heavy atom. The third kappa shape index (κ3) is 6.80. The van der Waals surface area contributed by atoms with Gasteiger partial charge in [0.05, 0.1) is 0 Å². The van der Waals surface area contributed by atoms with Gasteiger partial charge in [0.25, 0.3) is 0 Å². The molecular weight excluding hydrogens is 292 g/mol. The Kier molecular flexibility index (Phi) is 6.29. The maximum Gasteiger partial charge on any atom is 0.221 e. The molecule has 1 aromatic rings. The van der Waals surface area contributed by atoms with Crippen molar-refractivity contribution in [1.29, 1.82) is 0 Å². The maximum absolute atomic E-state index is 11.4. The lowest BCUT2D eigenvalue weighted by Gasteiger charge is -2.13. The van der Waals surface area contributed by atoms with Crippen LogP contribution in [0.3, 0.4) is 0 Å². The highest BCUT2D eigenvalue weighted by Gasteiger charge is 2.22. The van der Waals surface area contributed by atoms with Crippen molar-refractivity contribution in [2.75, 3.05) is 19.7 Å². The van der Waals surface area contributed by atoms with E-state index >= 15 is 0 Å². The molecule has 0 heterocycles. The molecular formula is C15H21ClN2O3. The van der Waals surface area contributed by atoms with Crippen LogP contribution in [-0.4, -0.2) is 42.9 Å². The summed E-state index contributed by atoms with van der Waals surface area (Å²) in [7, 11) is 0. The Morgan fingerprint density at radius 1 is 1.48 bits per heavy atom. The number of hydrogen-bond acceptors (Lipinski definition) is 4. The lowest BCUT2D eigenvalue weighted by molar-refractivity contribution is -0.121. The summed E-state index contributed by atoms with van der Waals surface area (Å²) in [5.74, 6) is 0.694. The Morgan fingerprint density at radius 3 is 3.00 bits per heavy atom. The quantitative estimate of drug-likeness (QED) is 0.602. The van der Waals surface area contributed by atoms with Crippen molar-refractivity contribution in [3.8, 4) is 5.75 Å². The Bertz CT molecular complexity index is 466. The number of amides is 1. The molecule has 0 spiro atoms. The highest BCUT2D eigenvalue weighted by Crippen LogP contribution is 2.18. The van der Waals surface area contributed by atoms with Crippen molar-refractivity contribution in [2.24, 2.45) is 0 Å². The van der Waals surface area contributed by atoms with Gasteiger partial charge in [0.2, 0.25) is 5.91 Å². The minimum atomic E-state index is -0.629. The van der Waals surface area contributed by atoms with E-state index in [4.69, 9.17) is 16.3 Å². The van der Waals surface area contributed by atoms with Crippen LogP contribution >= 0.6 is 11.6 Å². The van der Waals surface area contributed by atoms with Crippen LogP contribution in [0.15, 0.2) is 24.3 Å². The van der Waals surface area contributed by atoms with Crippen LogP contribution in [-0.2, 0) is 4.79 Å². The average Bonchev–Trinajstić information content (AvgIpc) is 3.25. The first-order valence-corrected chi connectivity index (χ1v) is 7.58. The van der Waals surface area contributed by atoms with Gasteiger partial charge in [0.1, 0.15) is 18.5 Å². The predicted molar refractivity (Wildman–Crippen MR) is 81.6 cm³/mol. The lowest BCUT2D eigenvalue weighted by atomic mass is 10.3. The van der Waals surface area contributed by atoms with E-state index < -0.39 is 6.10 Å². The molecule has 0 aromatic heterocycles. The zero-order valence-electron chi connectivity index (χ0n) is 11.8. The van der Waals surface area contributed by atoms with Gasteiger partial charge in [0.15, 0.2) is 0 Å². The summed E-state index contributed by atoms with van der Waals surface area (Å²) in [6, 6.07) is 7.44. The number of aliphatic hydroxyl groups excluding tert-OH is 1. The molecule has 1 fully saturated rings. The first-order valence-electron chi connectivity index (χ1n) is 7.20. The van der Waals surface area contributed by atoms with Gasteiger partial charge in [-0.1, -0.05) is 17.7 Å². The number of nitrogens with one attached hydrogen (secondary N) is 2. The number of carbonyl (C=O) groups excluding carboxylic acids is 1. The van der Waals surface area contributed by atoms with Gasteiger partial charge in [-0.3, -0.25) is 4.79 Å². The summed E-state index contributed by atoms with van der Waals surface area (Å²) >= 11 is 5.84. The molecule has 0 radical (unpaired) electrons. The van der Waals surface area contributed by atoms with Crippen molar-refractivity contribution >= 4 is 17.5 Å². The van der Waals surface area contributed by atoms with Crippen LogP contribution in [0.1, 0.15) is 19.3 Å². The van der Waals surface area contributed by atoms with E-state index in [1.165, 1.54) is 0 Å². The van der Waals surface area contributed by atoms with Crippen LogP contribution in [0.2, 0.25) is 5.02 Å². The fraction of sp³-hybridized carbons (Fsp3) is 0.533. The minimum absolute atomic E-state index is 0.0645. The largest absolute Gasteiger partial charge is 0.491 e. The Balaban J connectivity index is 1.52. The molecule has 1 amide bonds. The van der Waals surface area contributed by atoms with Crippen molar-refractivity contribution in [2.45, 2.75) is 31.4 Å². The third-order valence-corrected chi connectivity index (χ3v) is 3.32. The maximum atomic E-state index is 11.4. The molecule has 1 aliphatic carbocycles. The number of ether oxygens (including phenoxy) is 1. The first kappa shape index (κ1) is 16.1. The van der Waals surface area contributed by atoms with E-state index in [1.54, 1.807) is 24.3 Å². The second-order valence-corrected chi connectivity index (χ2v) is 5.65. The lowest BCUT2D eigenvalue weighted by Crippen LogP contribution is -2.34. The average molecular weight is 313 g/mol. The number of halogens is 1. The molecule has 1 unspecified atom stereocenters. The van der Waals surface area contributed by atoms with Crippen LogP contribution in [0, 0.1) is 0 Å². The van der Waals surface area contributed by atoms with Gasteiger partial charge in [-0.05, 0) is 31.0 Å². The van der Waals surface area contributed by atoms with E-state index in [9.17, 15) is 9.90 Å². The molecule has 1 saturated carbocycles. The molecule has 3 N–H and O–H groups in total. The molecule has 5 nitrogen and oxygen atoms in total. The number of aliphatic hydroxyl groups is 1. The molecule has 0 aliphatic heterocycles. The van der Waals surface area contributed by atoms with Gasteiger partial charge < -0.3 is 20.5 Å². The smallest absolute Gasteiger partial charge is 0.221 e. The highest BCUT2D eigenvalue weighted by atomic mass is 35.5. The molecule has 21 heavy (non-hydrogen) atoms. The fourth-order valence-electron chi connectivity index (χ4n) is 1.81. The second-order valence-electron chi connectivity index (χ2n) is 5.22. The molecule has 6 heteroatoms. The molecule has 1 aromatic carbocycles. The zero-order valence-corrected chi connectivity index (χ0v) is 12.6. The molecule has 0 bridgehead atoms. The third-order valence-electron chi connectivity index (χ3n) is 3.09. The topological polar surface area (TPSA) is 70.6 Å². The van der Waals surface area contributed by atoms with Gasteiger partial charge in [-0.15, -0.1) is 0 Å². The number of hydrogen-bond donors (Lipinski definition) is 3. The van der Waals surface area contributed by atoms with Gasteiger partial charge >= 0.3 is 0 Å². The summed E-state index contributed by atoms with van der Waals surface area (Å²) in [5.41, 5.74) is 0. The summed E-state index contributed by atoms with van der Waals surface area (Å²) in [4.78, 5) is 11.4. The summed E-state index contributed by atoms with van der Waals surface area (Å²) in [5, 5.41) is 16.3. The van der Waals surface area contributed by atoms with Crippen molar-refractivity contribution < 1.29 is 14.6 Å². The zero-order chi connectivity index (χ0) is 15.1. The molecule has 116 valence electrons. The number of benzene rings is 1. The monoisotopic (exact) mass is 312 g/mol. The van der Waals surface area contributed by atoms with Crippen molar-refractivity contribution in [3.63, 3.8) is 0 Å². The van der Waals surface area contributed by atoms with Crippen molar-refractivity contribution in [3.05, 3.63) is 29.3 Å². The van der Waals surface area contributed by atoms with E-state index in [2.05, 4.69) is 10.6 Å². The van der Waals surface area contributed by atoms with Crippen LogP contribution in [0.25, 0.3) is 0 Å². The molecule has 1 atom stereocenters. The van der Waals surface area contributed by atoms with E-state index in [1.807, 2.05) is 0 Å². The van der Waals surface area contributed by atoms with Crippen LogP contribution in [0.5, 0.6) is 5.75 Å². The summed E-state index contributed by atoms with van der Waals surface area (Å²) < 4.78 is 5.43. The van der Waals surface area contributed by atoms with E-state index in [0.717, 1.165) is 12.8 Å². The van der Waals surface area contributed by atoms with Gasteiger partial charge in [-0.2, -0.15) is 0 Å².